The van der Waals surface area contributed by atoms with Crippen molar-refractivity contribution in [3.8, 4) is 0 Å². The van der Waals surface area contributed by atoms with Crippen LogP contribution in [0.2, 0.25) is 5.02 Å². The molecular formula is C18H26ClF3N4O. The molecule has 0 spiro atoms. The Morgan fingerprint density at radius 2 is 1.78 bits per heavy atom. The molecule has 152 valence electrons. The Hall–Kier alpha value is -1.28. The fraction of sp³-hybridized carbons (Fsp3) is 0.778. The second-order valence-electron chi connectivity index (χ2n) is 7.85. The number of aromatic nitrogens is 2. The number of alkyl halides is 3. The summed E-state index contributed by atoms with van der Waals surface area (Å²) in [7, 11) is 0. The van der Waals surface area contributed by atoms with E-state index in [0.29, 0.717) is 11.7 Å². The lowest BCUT2D eigenvalue weighted by molar-refractivity contribution is -0.142. The van der Waals surface area contributed by atoms with Crippen LogP contribution < -0.4 is 5.32 Å². The van der Waals surface area contributed by atoms with E-state index >= 15 is 0 Å². The predicted molar refractivity (Wildman–Crippen MR) is 96.8 cm³/mol. The molecule has 1 atom stereocenters. The molecule has 1 aromatic rings. The van der Waals surface area contributed by atoms with Crippen LogP contribution in [0.4, 0.5) is 13.2 Å². The zero-order valence-electron chi connectivity index (χ0n) is 15.8. The van der Waals surface area contributed by atoms with Crippen LogP contribution in [0, 0.1) is 0 Å². The van der Waals surface area contributed by atoms with E-state index in [4.69, 9.17) is 11.6 Å². The normalized spacial score (nSPS) is 20.9. The predicted octanol–water partition coefficient (Wildman–Crippen LogP) is 3.98. The number of carbonyl (C=O) groups excluding carboxylic acids is 1. The van der Waals surface area contributed by atoms with Crippen molar-refractivity contribution in [3.63, 3.8) is 0 Å². The number of nitrogens with zero attached hydrogens (tertiary/aromatic N) is 3. The van der Waals surface area contributed by atoms with Crippen LogP contribution >= 0.6 is 11.6 Å². The van der Waals surface area contributed by atoms with Gasteiger partial charge in [-0.05, 0) is 46.5 Å². The van der Waals surface area contributed by atoms with Crippen molar-refractivity contribution in [1.29, 1.82) is 0 Å². The molecule has 1 saturated heterocycles. The monoisotopic (exact) mass is 406 g/mol. The number of carbonyl (C=O) groups is 1. The SMILES string of the molecule is CC(C)N1CCC(NC(=O)[C@@H](C)n2nc(C(F)(F)F)c(Cl)c2C2CC2)CC1. The maximum absolute atomic E-state index is 13.2. The third-order valence-corrected chi connectivity index (χ3v) is 5.85. The first-order chi connectivity index (χ1) is 12.6. The highest BCUT2D eigenvalue weighted by atomic mass is 35.5. The van der Waals surface area contributed by atoms with Crippen LogP contribution in [0.25, 0.3) is 0 Å². The number of rotatable bonds is 5. The molecule has 0 radical (unpaired) electrons. The molecule has 1 saturated carbocycles. The molecule has 1 aromatic heterocycles. The summed E-state index contributed by atoms with van der Waals surface area (Å²) in [6.45, 7) is 7.65. The number of piperidine rings is 1. The molecule has 3 rings (SSSR count). The highest BCUT2D eigenvalue weighted by molar-refractivity contribution is 6.32. The van der Waals surface area contributed by atoms with Crippen molar-refractivity contribution in [2.45, 2.75) is 76.7 Å². The van der Waals surface area contributed by atoms with Gasteiger partial charge in [0.2, 0.25) is 5.91 Å². The number of hydrogen-bond donors (Lipinski definition) is 1. The zero-order valence-corrected chi connectivity index (χ0v) is 16.6. The largest absolute Gasteiger partial charge is 0.436 e. The molecule has 2 fully saturated rings. The Bertz CT molecular complexity index is 692. The zero-order chi connectivity index (χ0) is 19.9. The molecule has 9 heteroatoms. The highest BCUT2D eigenvalue weighted by Crippen LogP contribution is 2.47. The highest BCUT2D eigenvalue weighted by Gasteiger charge is 2.43. The lowest BCUT2D eigenvalue weighted by Crippen LogP contribution is -2.48. The molecule has 1 amide bonds. The first-order valence-corrected chi connectivity index (χ1v) is 9.87. The molecule has 1 aliphatic heterocycles. The summed E-state index contributed by atoms with van der Waals surface area (Å²) in [6, 6.07) is -0.335. The summed E-state index contributed by atoms with van der Waals surface area (Å²) < 4.78 is 40.8. The number of likely N-dealkylation sites (tertiary alicyclic amines) is 1. The summed E-state index contributed by atoms with van der Waals surface area (Å²) in [6.07, 6.45) is -1.43. The Morgan fingerprint density at radius 1 is 1.19 bits per heavy atom. The minimum absolute atomic E-state index is 0.0347. The maximum atomic E-state index is 13.2. The van der Waals surface area contributed by atoms with Crippen LogP contribution in [-0.4, -0.2) is 45.8 Å². The van der Waals surface area contributed by atoms with Gasteiger partial charge in [0.05, 0.1) is 10.7 Å². The lowest BCUT2D eigenvalue weighted by atomic mass is 10.0. The van der Waals surface area contributed by atoms with Crippen LogP contribution in [0.3, 0.4) is 0 Å². The topological polar surface area (TPSA) is 50.2 Å². The van der Waals surface area contributed by atoms with Gasteiger partial charge in [0.25, 0.3) is 0 Å². The van der Waals surface area contributed by atoms with E-state index in [1.54, 1.807) is 6.92 Å². The van der Waals surface area contributed by atoms with Crippen LogP contribution in [0.1, 0.15) is 69.8 Å². The molecule has 2 heterocycles. The smallest absolute Gasteiger partial charge is 0.351 e. The number of amides is 1. The third-order valence-electron chi connectivity index (χ3n) is 5.47. The second-order valence-corrected chi connectivity index (χ2v) is 8.23. The molecular weight excluding hydrogens is 381 g/mol. The molecule has 0 bridgehead atoms. The van der Waals surface area contributed by atoms with E-state index in [2.05, 4.69) is 29.2 Å². The summed E-state index contributed by atoms with van der Waals surface area (Å²) >= 11 is 5.99. The van der Waals surface area contributed by atoms with Crippen molar-refractivity contribution in [1.82, 2.24) is 20.0 Å². The van der Waals surface area contributed by atoms with E-state index in [-0.39, 0.29) is 22.9 Å². The number of halogens is 4. The summed E-state index contributed by atoms with van der Waals surface area (Å²) in [5.74, 6) is -0.363. The Morgan fingerprint density at radius 3 is 2.26 bits per heavy atom. The summed E-state index contributed by atoms with van der Waals surface area (Å²) in [5, 5.41) is 6.30. The van der Waals surface area contributed by atoms with Gasteiger partial charge in [-0.3, -0.25) is 9.48 Å². The molecule has 1 aliphatic carbocycles. The standard InChI is InChI=1S/C18H26ClF3N4O/c1-10(2)25-8-6-13(7-9-25)23-17(27)11(3)26-15(12-4-5-12)14(19)16(24-26)18(20,21)22/h10-13H,4-9H2,1-3H3,(H,23,27)/t11-/m1/s1. The van der Waals surface area contributed by atoms with Gasteiger partial charge in [-0.25, -0.2) is 0 Å². The van der Waals surface area contributed by atoms with E-state index in [1.165, 1.54) is 4.68 Å². The van der Waals surface area contributed by atoms with Crippen LogP contribution in [0.5, 0.6) is 0 Å². The quantitative estimate of drug-likeness (QED) is 0.804. The third kappa shape index (κ3) is 4.42. The van der Waals surface area contributed by atoms with E-state index in [1.807, 2.05) is 0 Å². The Balaban J connectivity index is 1.72. The minimum atomic E-state index is -4.63. The maximum Gasteiger partial charge on any atom is 0.436 e. The fourth-order valence-corrected chi connectivity index (χ4v) is 4.01. The second kappa shape index (κ2) is 7.62. The van der Waals surface area contributed by atoms with E-state index in [9.17, 15) is 18.0 Å². The van der Waals surface area contributed by atoms with Gasteiger partial charge < -0.3 is 10.2 Å². The van der Waals surface area contributed by atoms with Gasteiger partial charge in [-0.2, -0.15) is 18.3 Å². The molecule has 2 aliphatic rings. The van der Waals surface area contributed by atoms with Crippen LogP contribution in [0.15, 0.2) is 0 Å². The van der Waals surface area contributed by atoms with Crippen molar-refractivity contribution in [2.24, 2.45) is 0 Å². The molecule has 0 unspecified atom stereocenters. The number of hydrogen-bond acceptors (Lipinski definition) is 3. The first kappa shape index (κ1) is 20.5. The summed E-state index contributed by atoms with van der Waals surface area (Å²) in [4.78, 5) is 15.0. The Kier molecular flexibility index (Phi) is 5.77. The van der Waals surface area contributed by atoms with Crippen molar-refractivity contribution in [2.75, 3.05) is 13.1 Å². The van der Waals surface area contributed by atoms with Gasteiger partial charge >= 0.3 is 6.18 Å². The van der Waals surface area contributed by atoms with Gasteiger partial charge in [0, 0.05) is 31.1 Å². The van der Waals surface area contributed by atoms with Crippen LogP contribution in [-0.2, 0) is 11.0 Å². The van der Waals surface area contributed by atoms with Gasteiger partial charge in [-0.15, -0.1) is 0 Å². The summed E-state index contributed by atoms with van der Waals surface area (Å²) in [5.41, 5.74) is -0.766. The van der Waals surface area contributed by atoms with Gasteiger partial charge in [0.15, 0.2) is 5.69 Å². The molecule has 1 N–H and O–H groups in total. The average Bonchev–Trinajstić information content (AvgIpc) is 3.36. The molecule has 27 heavy (non-hydrogen) atoms. The van der Waals surface area contributed by atoms with Crippen molar-refractivity contribution >= 4 is 17.5 Å². The van der Waals surface area contributed by atoms with E-state index in [0.717, 1.165) is 38.8 Å². The molecule has 0 aromatic carbocycles. The fourth-order valence-electron chi connectivity index (χ4n) is 3.62. The van der Waals surface area contributed by atoms with Gasteiger partial charge in [0.1, 0.15) is 6.04 Å². The van der Waals surface area contributed by atoms with Gasteiger partial charge in [-0.1, -0.05) is 11.6 Å². The average molecular weight is 407 g/mol. The lowest BCUT2D eigenvalue weighted by Gasteiger charge is -2.35. The van der Waals surface area contributed by atoms with Crippen molar-refractivity contribution < 1.29 is 18.0 Å². The first-order valence-electron chi connectivity index (χ1n) is 9.49. The molecule has 5 nitrogen and oxygen atoms in total. The minimum Gasteiger partial charge on any atom is -0.351 e. The Labute approximate surface area is 162 Å². The van der Waals surface area contributed by atoms with Crippen molar-refractivity contribution in [3.05, 3.63) is 16.4 Å². The van der Waals surface area contributed by atoms with E-state index < -0.39 is 17.9 Å². The number of nitrogens with one attached hydrogen (secondary N) is 1.